The molecule has 0 amide bonds. The van der Waals surface area contributed by atoms with Crippen LogP contribution in [0, 0.1) is 0 Å². The van der Waals surface area contributed by atoms with Crippen LogP contribution in [0.3, 0.4) is 0 Å². The van der Waals surface area contributed by atoms with Gasteiger partial charge in [-0.25, -0.2) is 0 Å². The molecule has 1 aromatic rings. The lowest BCUT2D eigenvalue weighted by Crippen LogP contribution is -2.06. The highest BCUT2D eigenvalue weighted by Gasteiger charge is 2.10. The lowest BCUT2D eigenvalue weighted by Gasteiger charge is -2.09. The third-order valence-corrected chi connectivity index (χ3v) is 3.00. The van der Waals surface area contributed by atoms with Gasteiger partial charge in [-0.2, -0.15) is 0 Å². The second-order valence-corrected chi connectivity index (χ2v) is 4.82. The molecule has 86 valence electrons. The minimum absolute atomic E-state index is 0.0470. The fraction of sp³-hybridized carbons (Fsp3) is 0.333. The van der Waals surface area contributed by atoms with Crippen LogP contribution in [0.15, 0.2) is 29.2 Å². The van der Waals surface area contributed by atoms with E-state index in [0.29, 0.717) is 11.7 Å². The fourth-order valence-electron chi connectivity index (χ4n) is 1.15. The Bertz CT molecular complexity index is 388. The molecule has 0 unspecified atom stereocenters. The summed E-state index contributed by atoms with van der Waals surface area (Å²) in [6.07, 6.45) is 0.919. The molecule has 16 heavy (non-hydrogen) atoms. The summed E-state index contributed by atoms with van der Waals surface area (Å²) in [5, 5.41) is 0.511. The maximum atomic E-state index is 11.1. The van der Waals surface area contributed by atoms with Gasteiger partial charge < -0.3 is 4.74 Å². The van der Waals surface area contributed by atoms with Gasteiger partial charge in [-0.15, -0.1) is 0 Å². The smallest absolute Gasteiger partial charge is 0.192 e. The Morgan fingerprint density at radius 1 is 1.44 bits per heavy atom. The van der Waals surface area contributed by atoms with E-state index < -0.39 is 0 Å². The maximum Gasteiger partial charge on any atom is 0.192 e. The van der Waals surface area contributed by atoms with Crippen molar-refractivity contribution >= 4 is 34.1 Å². The van der Waals surface area contributed by atoms with Crippen molar-refractivity contribution in [3.63, 3.8) is 0 Å². The van der Waals surface area contributed by atoms with E-state index in [2.05, 4.69) is 0 Å². The molecule has 0 aliphatic carbocycles. The summed E-state index contributed by atoms with van der Waals surface area (Å²) in [4.78, 5) is 11.9. The first kappa shape index (κ1) is 13.2. The van der Waals surface area contributed by atoms with Crippen LogP contribution >= 0.6 is 24.0 Å². The largest absolute Gasteiger partial charge is 0.483 e. The summed E-state index contributed by atoms with van der Waals surface area (Å²) in [7, 11) is 0. The average Bonchev–Trinajstić information content (AvgIpc) is 2.26. The van der Waals surface area contributed by atoms with Crippen molar-refractivity contribution in [1.82, 2.24) is 0 Å². The van der Waals surface area contributed by atoms with Crippen LogP contribution in [0.4, 0.5) is 0 Å². The van der Waals surface area contributed by atoms with Crippen LogP contribution in [0.5, 0.6) is 0 Å². The monoisotopic (exact) mass is 254 g/mol. The number of benzene rings is 1. The van der Waals surface area contributed by atoms with E-state index >= 15 is 0 Å². The van der Waals surface area contributed by atoms with E-state index in [1.807, 2.05) is 31.2 Å². The van der Waals surface area contributed by atoms with Gasteiger partial charge in [0.1, 0.15) is 0 Å². The molecule has 0 bridgehead atoms. The molecule has 0 aliphatic rings. The molecule has 0 heterocycles. The van der Waals surface area contributed by atoms with Crippen LogP contribution in [0.2, 0.25) is 0 Å². The molecule has 0 aliphatic heterocycles. The highest BCUT2D eigenvalue weighted by atomic mass is 32.2. The van der Waals surface area contributed by atoms with Gasteiger partial charge in [-0.05, 0) is 30.8 Å². The summed E-state index contributed by atoms with van der Waals surface area (Å²) in [6, 6.07) is 7.53. The van der Waals surface area contributed by atoms with E-state index in [0.717, 1.165) is 16.9 Å². The first-order valence-electron chi connectivity index (χ1n) is 5.09. The van der Waals surface area contributed by atoms with Gasteiger partial charge in [-0.3, -0.25) is 4.79 Å². The van der Waals surface area contributed by atoms with E-state index in [9.17, 15) is 4.79 Å². The molecule has 2 nitrogen and oxygen atoms in total. The number of carbonyl (C=O) groups is 1. The molecular formula is C12H14O2S2. The van der Waals surface area contributed by atoms with Gasteiger partial charge in [0.25, 0.3) is 0 Å². The van der Waals surface area contributed by atoms with Gasteiger partial charge in [-0.1, -0.05) is 30.8 Å². The van der Waals surface area contributed by atoms with Crippen molar-refractivity contribution in [2.45, 2.75) is 25.2 Å². The fourth-order valence-corrected chi connectivity index (χ4v) is 2.20. The highest BCUT2D eigenvalue weighted by Crippen LogP contribution is 2.24. The second kappa shape index (κ2) is 6.66. The van der Waals surface area contributed by atoms with Crippen LogP contribution in [-0.2, 0) is 9.53 Å². The Balaban J connectivity index is 2.85. The van der Waals surface area contributed by atoms with Crippen molar-refractivity contribution in [2.24, 2.45) is 0 Å². The summed E-state index contributed by atoms with van der Waals surface area (Å²) >= 11 is 6.36. The average molecular weight is 254 g/mol. The highest BCUT2D eigenvalue weighted by molar-refractivity contribution is 8.13. The van der Waals surface area contributed by atoms with Gasteiger partial charge in [0, 0.05) is 17.4 Å². The molecule has 0 fully saturated rings. The van der Waals surface area contributed by atoms with Gasteiger partial charge in [0.2, 0.25) is 0 Å². The molecule has 1 rings (SSSR count). The topological polar surface area (TPSA) is 26.3 Å². The standard InChI is InChI=1S/C12H14O2S2/c1-3-8-14-12(15)10-6-4-5-7-11(10)16-9(2)13/h4-7H,3,8H2,1-2H3. The molecule has 4 heteroatoms. The lowest BCUT2D eigenvalue weighted by atomic mass is 10.2. The predicted molar refractivity (Wildman–Crippen MR) is 70.9 cm³/mol. The Hall–Kier alpha value is -0.870. The summed E-state index contributed by atoms with van der Waals surface area (Å²) in [6.45, 7) is 4.17. The van der Waals surface area contributed by atoms with E-state index in [1.54, 1.807) is 0 Å². The molecule has 0 saturated carbocycles. The normalized spacial score (nSPS) is 9.88. The molecule has 1 aromatic carbocycles. The van der Waals surface area contributed by atoms with Crippen molar-refractivity contribution in [3.8, 4) is 0 Å². The van der Waals surface area contributed by atoms with Crippen molar-refractivity contribution in [2.75, 3.05) is 6.61 Å². The Morgan fingerprint density at radius 3 is 2.75 bits per heavy atom. The Kier molecular flexibility index (Phi) is 5.49. The van der Waals surface area contributed by atoms with Crippen molar-refractivity contribution < 1.29 is 9.53 Å². The molecule has 0 radical (unpaired) electrons. The SMILES string of the molecule is CCCOC(=S)c1ccccc1SC(C)=O. The van der Waals surface area contributed by atoms with Crippen molar-refractivity contribution in [3.05, 3.63) is 29.8 Å². The molecule has 0 spiro atoms. The van der Waals surface area contributed by atoms with Crippen LogP contribution in [-0.4, -0.2) is 16.8 Å². The zero-order valence-electron chi connectivity index (χ0n) is 9.36. The lowest BCUT2D eigenvalue weighted by molar-refractivity contribution is -0.109. The van der Waals surface area contributed by atoms with Crippen molar-refractivity contribution in [1.29, 1.82) is 0 Å². The number of carbonyl (C=O) groups excluding carboxylic acids is 1. The zero-order valence-corrected chi connectivity index (χ0v) is 11.0. The van der Waals surface area contributed by atoms with Crippen LogP contribution in [0.25, 0.3) is 0 Å². The van der Waals surface area contributed by atoms with Gasteiger partial charge >= 0.3 is 0 Å². The molecule has 0 N–H and O–H groups in total. The second-order valence-electron chi connectivity index (χ2n) is 3.23. The van der Waals surface area contributed by atoms with E-state index in [-0.39, 0.29) is 5.12 Å². The molecule has 0 atom stereocenters. The summed E-state index contributed by atoms with van der Waals surface area (Å²) < 4.78 is 5.41. The summed E-state index contributed by atoms with van der Waals surface area (Å²) in [5.41, 5.74) is 0.825. The van der Waals surface area contributed by atoms with Crippen LogP contribution < -0.4 is 0 Å². The minimum atomic E-state index is 0.0470. The van der Waals surface area contributed by atoms with E-state index in [4.69, 9.17) is 17.0 Å². The third kappa shape index (κ3) is 3.94. The first-order chi connectivity index (χ1) is 7.65. The van der Waals surface area contributed by atoms with Gasteiger partial charge in [0.05, 0.1) is 6.61 Å². The number of ether oxygens (including phenoxy) is 1. The Morgan fingerprint density at radius 2 is 2.12 bits per heavy atom. The maximum absolute atomic E-state index is 11.1. The number of hydrogen-bond acceptors (Lipinski definition) is 4. The first-order valence-corrected chi connectivity index (χ1v) is 6.32. The number of thioether (sulfide) groups is 1. The Labute approximate surface area is 105 Å². The molecule has 0 aromatic heterocycles. The van der Waals surface area contributed by atoms with E-state index in [1.165, 1.54) is 18.7 Å². The number of hydrogen-bond donors (Lipinski definition) is 0. The van der Waals surface area contributed by atoms with Gasteiger partial charge in [0.15, 0.2) is 10.2 Å². The number of thiocarbonyl (C=S) groups is 1. The number of rotatable bonds is 4. The third-order valence-electron chi connectivity index (χ3n) is 1.80. The summed E-state index contributed by atoms with van der Waals surface area (Å²) in [5.74, 6) is 0. The molecular weight excluding hydrogens is 240 g/mol. The quantitative estimate of drug-likeness (QED) is 0.607. The predicted octanol–water partition coefficient (Wildman–Crippen LogP) is 3.43. The zero-order chi connectivity index (χ0) is 12.0. The van der Waals surface area contributed by atoms with Crippen LogP contribution in [0.1, 0.15) is 25.8 Å². The molecule has 0 saturated heterocycles. The minimum Gasteiger partial charge on any atom is -0.483 e.